The molecule has 0 aliphatic rings. The number of halogens is 3. The third-order valence-electron chi connectivity index (χ3n) is 2.96. The summed E-state index contributed by atoms with van der Waals surface area (Å²) in [6.07, 6.45) is -1.18. The minimum Gasteiger partial charge on any atom is -0.497 e. The molecule has 0 fully saturated rings. The van der Waals surface area contributed by atoms with Crippen LogP contribution in [0.15, 0.2) is 36.4 Å². The highest BCUT2D eigenvalue weighted by atomic mass is 35.5. The second-order valence-corrected chi connectivity index (χ2v) is 4.79. The summed E-state index contributed by atoms with van der Waals surface area (Å²) in [6, 6.07) is 8.80. The van der Waals surface area contributed by atoms with Crippen molar-refractivity contribution in [3.05, 3.63) is 64.2 Å². The van der Waals surface area contributed by atoms with Gasteiger partial charge in [0.25, 0.3) is 0 Å². The highest BCUT2D eigenvalue weighted by Gasteiger charge is 2.20. The number of aliphatic hydroxyl groups excluding tert-OH is 1. The third kappa shape index (κ3) is 3.26. The molecule has 0 spiro atoms. The average molecular weight is 299 g/mol. The molecule has 2 aromatic carbocycles. The number of benzene rings is 2. The summed E-state index contributed by atoms with van der Waals surface area (Å²) in [5, 5.41) is 10.6. The molecule has 1 unspecified atom stereocenters. The molecule has 5 heteroatoms. The summed E-state index contributed by atoms with van der Waals surface area (Å²) >= 11 is 5.75. The van der Waals surface area contributed by atoms with Crippen molar-refractivity contribution in [3.63, 3.8) is 0 Å². The number of ether oxygens (including phenoxy) is 1. The van der Waals surface area contributed by atoms with Crippen LogP contribution in [0.4, 0.5) is 8.78 Å². The minimum atomic E-state index is -1.28. The topological polar surface area (TPSA) is 29.5 Å². The molecule has 1 atom stereocenters. The van der Waals surface area contributed by atoms with Crippen molar-refractivity contribution in [2.24, 2.45) is 0 Å². The maximum Gasteiger partial charge on any atom is 0.135 e. The molecule has 1 N–H and O–H groups in total. The molecular formula is C15H13ClF2O2. The summed E-state index contributed by atoms with van der Waals surface area (Å²) < 4.78 is 32.4. The Hall–Kier alpha value is -1.65. The molecule has 20 heavy (non-hydrogen) atoms. The zero-order chi connectivity index (χ0) is 14.7. The minimum absolute atomic E-state index is 0.0717. The Morgan fingerprint density at radius 2 is 1.70 bits per heavy atom. The van der Waals surface area contributed by atoms with Gasteiger partial charge in [0.1, 0.15) is 17.4 Å². The zero-order valence-electron chi connectivity index (χ0n) is 10.7. The van der Waals surface area contributed by atoms with Crippen LogP contribution >= 0.6 is 11.6 Å². The van der Waals surface area contributed by atoms with Gasteiger partial charge in [-0.15, -0.1) is 0 Å². The summed E-state index contributed by atoms with van der Waals surface area (Å²) in [5.41, 5.74) is 0.372. The Bertz CT molecular complexity index is 576. The highest BCUT2D eigenvalue weighted by Crippen LogP contribution is 2.28. The monoisotopic (exact) mass is 298 g/mol. The molecule has 2 aromatic rings. The standard InChI is InChI=1S/C15H13ClF2O2/c1-20-11-7-12(17)15(13(18)8-11)14(19)6-9-2-4-10(16)5-3-9/h2-5,7-8,14,19H,6H2,1H3. The van der Waals surface area contributed by atoms with E-state index in [9.17, 15) is 13.9 Å². The molecule has 2 rings (SSSR count). The maximum atomic E-state index is 13.8. The molecule has 0 amide bonds. The Kier molecular flexibility index (Phi) is 4.57. The predicted octanol–water partition coefficient (Wildman–Crippen LogP) is 3.90. The van der Waals surface area contributed by atoms with E-state index < -0.39 is 17.7 Å². The van der Waals surface area contributed by atoms with Gasteiger partial charge < -0.3 is 9.84 Å². The molecule has 106 valence electrons. The lowest BCUT2D eigenvalue weighted by molar-refractivity contribution is 0.168. The smallest absolute Gasteiger partial charge is 0.135 e. The zero-order valence-corrected chi connectivity index (χ0v) is 11.5. The van der Waals surface area contributed by atoms with Gasteiger partial charge in [-0.05, 0) is 17.7 Å². The summed E-state index contributed by atoms with van der Waals surface area (Å²) in [5.74, 6) is -1.59. The van der Waals surface area contributed by atoms with Crippen LogP contribution in [0.25, 0.3) is 0 Å². The van der Waals surface area contributed by atoms with Crippen LogP contribution in [-0.2, 0) is 6.42 Å². The number of hydrogen-bond acceptors (Lipinski definition) is 2. The Morgan fingerprint density at radius 3 is 2.20 bits per heavy atom. The Morgan fingerprint density at radius 1 is 1.15 bits per heavy atom. The van der Waals surface area contributed by atoms with E-state index in [0.717, 1.165) is 17.7 Å². The molecular weight excluding hydrogens is 286 g/mol. The van der Waals surface area contributed by atoms with Crippen LogP contribution in [-0.4, -0.2) is 12.2 Å². The van der Waals surface area contributed by atoms with Gasteiger partial charge in [-0.1, -0.05) is 23.7 Å². The van der Waals surface area contributed by atoms with Gasteiger partial charge in [0.15, 0.2) is 0 Å². The predicted molar refractivity (Wildman–Crippen MR) is 73.0 cm³/mol. The molecule has 0 aliphatic heterocycles. The fourth-order valence-corrected chi connectivity index (χ4v) is 2.07. The van der Waals surface area contributed by atoms with Crippen molar-refractivity contribution >= 4 is 11.6 Å². The molecule has 2 nitrogen and oxygen atoms in total. The fourth-order valence-electron chi connectivity index (χ4n) is 1.94. The third-order valence-corrected chi connectivity index (χ3v) is 3.22. The van der Waals surface area contributed by atoms with Gasteiger partial charge in [0.2, 0.25) is 0 Å². The largest absolute Gasteiger partial charge is 0.497 e. The van der Waals surface area contributed by atoms with Gasteiger partial charge in [-0.2, -0.15) is 0 Å². The van der Waals surface area contributed by atoms with Gasteiger partial charge in [0.05, 0.1) is 18.8 Å². The molecule has 0 aromatic heterocycles. The quantitative estimate of drug-likeness (QED) is 0.927. The van der Waals surface area contributed by atoms with Crippen LogP contribution in [0.2, 0.25) is 5.02 Å². The lowest BCUT2D eigenvalue weighted by Gasteiger charge is -2.14. The first-order valence-electron chi connectivity index (χ1n) is 5.96. The number of aliphatic hydroxyl groups is 1. The number of rotatable bonds is 4. The van der Waals surface area contributed by atoms with Gasteiger partial charge in [-0.25, -0.2) is 8.78 Å². The van der Waals surface area contributed by atoms with Crippen molar-refractivity contribution in [1.29, 1.82) is 0 Å². The number of methoxy groups -OCH3 is 1. The molecule has 0 aliphatic carbocycles. The fraction of sp³-hybridized carbons (Fsp3) is 0.200. The summed E-state index contributed by atoms with van der Waals surface area (Å²) in [7, 11) is 1.32. The van der Waals surface area contributed by atoms with Crippen LogP contribution in [0, 0.1) is 11.6 Å². The molecule has 0 saturated heterocycles. The van der Waals surface area contributed by atoms with Crippen LogP contribution in [0.3, 0.4) is 0 Å². The summed E-state index contributed by atoms with van der Waals surface area (Å²) in [4.78, 5) is 0. The lowest BCUT2D eigenvalue weighted by Crippen LogP contribution is -2.07. The summed E-state index contributed by atoms with van der Waals surface area (Å²) in [6.45, 7) is 0. The second kappa shape index (κ2) is 6.20. The molecule has 0 bridgehead atoms. The first-order chi connectivity index (χ1) is 9.51. The van der Waals surface area contributed by atoms with E-state index in [0.29, 0.717) is 5.02 Å². The normalized spacial score (nSPS) is 12.2. The molecule has 0 saturated carbocycles. The van der Waals surface area contributed by atoms with E-state index in [2.05, 4.69) is 0 Å². The van der Waals surface area contributed by atoms with Crippen molar-refractivity contribution in [3.8, 4) is 5.75 Å². The van der Waals surface area contributed by atoms with E-state index in [1.807, 2.05) is 0 Å². The average Bonchev–Trinajstić information content (AvgIpc) is 2.40. The van der Waals surface area contributed by atoms with Crippen molar-refractivity contribution in [2.75, 3.05) is 7.11 Å². The van der Waals surface area contributed by atoms with E-state index in [1.165, 1.54) is 7.11 Å². The van der Waals surface area contributed by atoms with Gasteiger partial charge in [0, 0.05) is 23.6 Å². The van der Waals surface area contributed by atoms with Crippen molar-refractivity contribution < 1.29 is 18.6 Å². The van der Waals surface area contributed by atoms with Crippen molar-refractivity contribution in [2.45, 2.75) is 12.5 Å². The Balaban J connectivity index is 2.25. The second-order valence-electron chi connectivity index (χ2n) is 4.35. The van der Waals surface area contributed by atoms with Crippen LogP contribution in [0.1, 0.15) is 17.2 Å². The van der Waals surface area contributed by atoms with Crippen LogP contribution < -0.4 is 4.74 Å². The molecule has 0 heterocycles. The molecule has 0 radical (unpaired) electrons. The maximum absolute atomic E-state index is 13.8. The first-order valence-corrected chi connectivity index (χ1v) is 6.34. The van der Waals surface area contributed by atoms with Gasteiger partial charge >= 0.3 is 0 Å². The van der Waals surface area contributed by atoms with E-state index in [4.69, 9.17) is 16.3 Å². The van der Waals surface area contributed by atoms with Crippen molar-refractivity contribution in [1.82, 2.24) is 0 Å². The van der Waals surface area contributed by atoms with E-state index >= 15 is 0 Å². The highest BCUT2D eigenvalue weighted by molar-refractivity contribution is 6.30. The van der Waals surface area contributed by atoms with E-state index in [1.54, 1.807) is 24.3 Å². The SMILES string of the molecule is COc1cc(F)c(C(O)Cc2ccc(Cl)cc2)c(F)c1. The Labute approximate surface area is 120 Å². The lowest BCUT2D eigenvalue weighted by atomic mass is 10.0. The number of hydrogen-bond donors (Lipinski definition) is 1. The van der Waals surface area contributed by atoms with E-state index in [-0.39, 0.29) is 17.7 Å². The first kappa shape index (κ1) is 14.8. The van der Waals surface area contributed by atoms with Gasteiger partial charge in [-0.3, -0.25) is 0 Å². The van der Waals surface area contributed by atoms with Crippen LogP contribution in [0.5, 0.6) is 5.75 Å².